The van der Waals surface area contributed by atoms with E-state index in [9.17, 15) is 5.26 Å². The Bertz CT molecular complexity index is 1240. The number of halogens is 1. The highest BCUT2D eigenvalue weighted by Crippen LogP contribution is 2.32. The molecule has 0 unspecified atom stereocenters. The number of hydrogen-bond acceptors (Lipinski definition) is 8. The standard InChI is InChI=1S/C21H21ClN10/c1-24-17-11-26-20-19(27-15-2-3-15)29-21(30-32(17)20)28-16-9-13(10-23)8-14(18(16)22)12-31-6-4-25-5-7-31/h8-9,11,15,25H,2-7,12H2,(H2,27,28,29,30). The molecule has 3 aromatic rings. The number of nitrogens with one attached hydrogen (secondary N) is 3. The molecule has 1 saturated heterocycles. The molecule has 3 heterocycles. The molecule has 1 aromatic carbocycles. The lowest BCUT2D eigenvalue weighted by Gasteiger charge is -2.27. The average Bonchev–Trinajstić information content (AvgIpc) is 3.53. The molecule has 0 spiro atoms. The molecule has 2 fully saturated rings. The normalized spacial score (nSPS) is 16.5. The predicted molar refractivity (Wildman–Crippen MR) is 121 cm³/mol. The Morgan fingerprint density at radius 3 is 2.84 bits per heavy atom. The molecular formula is C21H21ClN10. The van der Waals surface area contributed by atoms with Crippen molar-refractivity contribution in [2.45, 2.75) is 25.4 Å². The van der Waals surface area contributed by atoms with Gasteiger partial charge < -0.3 is 20.8 Å². The van der Waals surface area contributed by atoms with E-state index < -0.39 is 0 Å². The number of nitriles is 1. The van der Waals surface area contributed by atoms with Crippen molar-refractivity contribution < 1.29 is 0 Å². The number of imidazole rings is 1. The molecule has 10 nitrogen and oxygen atoms in total. The zero-order chi connectivity index (χ0) is 22.1. The first-order valence-electron chi connectivity index (χ1n) is 10.5. The first kappa shape index (κ1) is 20.5. The van der Waals surface area contributed by atoms with Crippen molar-refractivity contribution in [3.8, 4) is 6.07 Å². The van der Waals surface area contributed by atoms with Crippen molar-refractivity contribution in [3.63, 3.8) is 0 Å². The van der Waals surface area contributed by atoms with E-state index in [4.69, 9.17) is 18.2 Å². The van der Waals surface area contributed by atoms with Gasteiger partial charge in [0.05, 0.1) is 28.5 Å². The third kappa shape index (κ3) is 4.16. The van der Waals surface area contributed by atoms with Crippen molar-refractivity contribution >= 4 is 40.5 Å². The molecule has 0 bridgehead atoms. The van der Waals surface area contributed by atoms with Crippen LogP contribution in [0.4, 0.5) is 23.3 Å². The van der Waals surface area contributed by atoms with Crippen molar-refractivity contribution in [2.24, 2.45) is 0 Å². The molecule has 0 atom stereocenters. The number of piperazine rings is 1. The van der Waals surface area contributed by atoms with Gasteiger partial charge in [0, 0.05) is 38.8 Å². The quantitative estimate of drug-likeness (QED) is 0.494. The number of fused-ring (bicyclic) bond motifs is 1. The fourth-order valence-electron chi connectivity index (χ4n) is 3.70. The number of nitrogens with zero attached hydrogens (tertiary/aromatic N) is 7. The lowest BCUT2D eigenvalue weighted by atomic mass is 10.1. The van der Waals surface area contributed by atoms with Gasteiger partial charge in [-0.25, -0.2) is 4.98 Å². The largest absolute Gasteiger partial charge is 0.362 e. The number of rotatable bonds is 6. The minimum atomic E-state index is 0.272. The summed E-state index contributed by atoms with van der Waals surface area (Å²) in [5.74, 6) is 1.13. The van der Waals surface area contributed by atoms with Crippen LogP contribution >= 0.6 is 11.6 Å². The molecule has 2 aromatic heterocycles. The molecule has 1 aliphatic carbocycles. The lowest BCUT2D eigenvalue weighted by Crippen LogP contribution is -2.42. The van der Waals surface area contributed by atoms with Crippen LogP contribution < -0.4 is 16.0 Å². The maximum atomic E-state index is 9.55. The van der Waals surface area contributed by atoms with Crippen LogP contribution in [-0.4, -0.2) is 56.7 Å². The lowest BCUT2D eigenvalue weighted by molar-refractivity contribution is 0.233. The van der Waals surface area contributed by atoms with E-state index in [2.05, 4.69) is 46.8 Å². The van der Waals surface area contributed by atoms with E-state index in [1.54, 1.807) is 6.07 Å². The zero-order valence-electron chi connectivity index (χ0n) is 17.3. The van der Waals surface area contributed by atoms with Gasteiger partial charge in [-0.1, -0.05) is 23.3 Å². The molecule has 1 aliphatic heterocycles. The van der Waals surface area contributed by atoms with Crippen LogP contribution in [0.5, 0.6) is 0 Å². The minimum absolute atomic E-state index is 0.272. The van der Waals surface area contributed by atoms with Crippen LogP contribution in [-0.2, 0) is 6.54 Å². The average molecular weight is 449 g/mol. The highest BCUT2D eigenvalue weighted by molar-refractivity contribution is 6.34. The highest BCUT2D eigenvalue weighted by Gasteiger charge is 2.25. The summed E-state index contributed by atoms with van der Waals surface area (Å²) in [6, 6.07) is 6.08. The van der Waals surface area contributed by atoms with Gasteiger partial charge in [0.2, 0.25) is 0 Å². The Hall–Kier alpha value is -3.44. The van der Waals surface area contributed by atoms with Gasteiger partial charge in [-0.3, -0.25) is 4.90 Å². The summed E-state index contributed by atoms with van der Waals surface area (Å²) in [5, 5.41) is 24.4. The van der Waals surface area contributed by atoms with Crippen molar-refractivity contribution in [3.05, 3.63) is 45.9 Å². The van der Waals surface area contributed by atoms with Crippen molar-refractivity contribution in [1.82, 2.24) is 29.8 Å². The molecule has 0 radical (unpaired) electrons. The Labute approximate surface area is 190 Å². The maximum absolute atomic E-state index is 9.55. The van der Waals surface area contributed by atoms with Gasteiger partial charge in [-0.05, 0) is 30.5 Å². The van der Waals surface area contributed by atoms with Crippen LogP contribution in [0.25, 0.3) is 10.5 Å². The number of anilines is 3. The van der Waals surface area contributed by atoms with Crippen LogP contribution in [0.1, 0.15) is 24.0 Å². The Kier molecular flexibility index (Phi) is 5.50. The van der Waals surface area contributed by atoms with Crippen molar-refractivity contribution in [2.75, 3.05) is 36.8 Å². The third-order valence-corrected chi connectivity index (χ3v) is 5.95. The summed E-state index contributed by atoms with van der Waals surface area (Å²) in [4.78, 5) is 14.7. The zero-order valence-corrected chi connectivity index (χ0v) is 18.0. The summed E-state index contributed by atoms with van der Waals surface area (Å²) in [6.45, 7) is 11.8. The topological polar surface area (TPSA) is 111 Å². The van der Waals surface area contributed by atoms with Gasteiger partial charge in [0.15, 0.2) is 5.82 Å². The van der Waals surface area contributed by atoms with E-state index in [0.717, 1.165) is 44.6 Å². The molecular weight excluding hydrogens is 428 g/mol. The summed E-state index contributed by atoms with van der Waals surface area (Å²) >= 11 is 6.74. The fourth-order valence-corrected chi connectivity index (χ4v) is 3.92. The molecule has 162 valence electrons. The van der Waals surface area contributed by atoms with Gasteiger partial charge in [-0.2, -0.15) is 10.2 Å². The molecule has 11 heteroatoms. The maximum Gasteiger partial charge on any atom is 0.275 e. The molecule has 1 saturated carbocycles. The Morgan fingerprint density at radius 1 is 1.31 bits per heavy atom. The van der Waals surface area contributed by atoms with Crippen LogP contribution in [0.2, 0.25) is 5.02 Å². The van der Waals surface area contributed by atoms with Crippen LogP contribution in [0.15, 0.2) is 18.3 Å². The van der Waals surface area contributed by atoms with E-state index in [1.807, 2.05) is 6.07 Å². The minimum Gasteiger partial charge on any atom is -0.362 e. The van der Waals surface area contributed by atoms with E-state index >= 15 is 0 Å². The van der Waals surface area contributed by atoms with E-state index in [1.165, 1.54) is 10.7 Å². The predicted octanol–water partition coefficient (Wildman–Crippen LogP) is 2.92. The SMILES string of the molecule is [C-]#[N+]c1cnc2c(NC3CC3)nc(Nc3cc(C#N)cc(CN4CCNCC4)c3Cl)nn12. The fraction of sp³-hybridized carbons (Fsp3) is 0.381. The monoisotopic (exact) mass is 448 g/mol. The highest BCUT2D eigenvalue weighted by atomic mass is 35.5. The summed E-state index contributed by atoms with van der Waals surface area (Å²) in [7, 11) is 0. The molecule has 3 N–H and O–H groups in total. The molecule has 0 amide bonds. The Balaban J connectivity index is 1.50. The smallest absolute Gasteiger partial charge is 0.275 e. The molecule has 2 aliphatic rings. The summed E-state index contributed by atoms with van der Waals surface area (Å²) in [6.07, 6.45) is 3.62. The third-order valence-electron chi connectivity index (χ3n) is 5.50. The molecule has 32 heavy (non-hydrogen) atoms. The first-order chi connectivity index (χ1) is 15.6. The van der Waals surface area contributed by atoms with Crippen LogP contribution in [0.3, 0.4) is 0 Å². The molecule has 5 rings (SSSR count). The Morgan fingerprint density at radius 2 is 2.12 bits per heavy atom. The summed E-state index contributed by atoms with van der Waals surface area (Å²) < 4.78 is 1.47. The summed E-state index contributed by atoms with van der Waals surface area (Å²) in [5.41, 5.74) is 2.43. The number of benzene rings is 1. The van der Waals surface area contributed by atoms with Crippen LogP contribution in [0, 0.1) is 17.9 Å². The second-order valence-corrected chi connectivity index (χ2v) is 8.30. The van der Waals surface area contributed by atoms with Gasteiger partial charge in [-0.15, -0.1) is 4.52 Å². The second-order valence-electron chi connectivity index (χ2n) is 7.93. The van der Waals surface area contributed by atoms with E-state index in [0.29, 0.717) is 46.1 Å². The van der Waals surface area contributed by atoms with Gasteiger partial charge in [0.25, 0.3) is 17.4 Å². The van der Waals surface area contributed by atoms with Gasteiger partial charge in [0.1, 0.15) is 0 Å². The van der Waals surface area contributed by atoms with Gasteiger partial charge >= 0.3 is 0 Å². The second kappa shape index (κ2) is 8.60. The van der Waals surface area contributed by atoms with E-state index in [-0.39, 0.29) is 5.95 Å². The number of aromatic nitrogens is 4. The number of hydrogen-bond donors (Lipinski definition) is 3. The van der Waals surface area contributed by atoms with Crippen molar-refractivity contribution in [1.29, 1.82) is 5.26 Å². The first-order valence-corrected chi connectivity index (χ1v) is 10.8.